The van der Waals surface area contributed by atoms with Crippen molar-refractivity contribution in [1.82, 2.24) is 0 Å². The minimum Gasteiger partial charge on any atom is -0.394 e. The zero-order valence-corrected chi connectivity index (χ0v) is 42.7. The third kappa shape index (κ3) is 16.4. The van der Waals surface area contributed by atoms with Gasteiger partial charge in [0, 0.05) is 47.2 Å². The van der Waals surface area contributed by atoms with Gasteiger partial charge in [-0.25, -0.2) is 0 Å². The summed E-state index contributed by atoms with van der Waals surface area (Å²) in [6, 6.07) is -0.784. The summed E-state index contributed by atoms with van der Waals surface area (Å²) in [5.74, 6) is 0. The standard InChI is InChI=1S/2C15H32B2O8P4/c1-4-19-6-9-11(13(25-29-27)15(17-3)23-9)21-7-20-5-8-10(18)12(24-28-26)14(16-2)22-8;1-4-20-11-9(23-15(17-3)13(11)25-29-27)6-19-7-21-10-8(5-18)22-14(16-2)12(10)24-28-26/h2*8-15,18,28-29H,4-7,26-27H2,1-3H3/t2*8-,9-,10+,11+,12?,13?,14-,15-/m11/s1. The highest BCUT2D eigenvalue weighted by molar-refractivity contribution is 8.00. The lowest BCUT2D eigenvalue weighted by atomic mass is 9.72. The van der Waals surface area contributed by atoms with Gasteiger partial charge in [0.05, 0.1) is 50.4 Å². The van der Waals surface area contributed by atoms with Crippen molar-refractivity contribution < 1.29 is 75.7 Å². The summed E-state index contributed by atoms with van der Waals surface area (Å²) in [5.41, 5.74) is 0. The van der Waals surface area contributed by atoms with Crippen molar-refractivity contribution in [3.05, 3.63) is 0 Å². The van der Waals surface area contributed by atoms with Crippen molar-refractivity contribution in [2.24, 2.45) is 0 Å². The third-order valence-electron chi connectivity index (χ3n) is 9.82. The van der Waals surface area contributed by atoms with Crippen LogP contribution < -0.4 is 0 Å². The van der Waals surface area contributed by atoms with Gasteiger partial charge < -0.3 is 75.7 Å². The zero-order chi connectivity index (χ0) is 42.5. The molecule has 24 atom stereocenters. The maximum atomic E-state index is 10.5. The third-order valence-corrected chi connectivity index (χ3v) is 13.1. The van der Waals surface area contributed by atoms with Crippen LogP contribution in [0.2, 0.25) is 27.3 Å². The van der Waals surface area contributed by atoms with Gasteiger partial charge in [-0.3, -0.25) is 0 Å². The lowest BCUT2D eigenvalue weighted by molar-refractivity contribution is -0.148. The number of ether oxygens (including phenoxy) is 10. The molecule has 0 bridgehead atoms. The van der Waals surface area contributed by atoms with Gasteiger partial charge in [0.1, 0.15) is 116 Å². The van der Waals surface area contributed by atoms with Crippen LogP contribution >= 0.6 is 69.7 Å². The molecule has 0 spiro atoms. The van der Waals surface area contributed by atoms with Crippen LogP contribution in [0.15, 0.2) is 0 Å². The molecule has 4 aliphatic heterocycles. The number of hydrogen-bond acceptors (Lipinski definition) is 16. The molecule has 332 valence electrons. The fourth-order valence-corrected chi connectivity index (χ4v) is 10.7. The maximum absolute atomic E-state index is 10.5. The smallest absolute Gasteiger partial charge is 0.149 e. The summed E-state index contributed by atoms with van der Waals surface area (Å²) in [7, 11) is 18.9. The molecule has 4 saturated heterocycles. The van der Waals surface area contributed by atoms with Crippen molar-refractivity contribution in [2.75, 3.05) is 53.2 Å². The molecule has 4 radical (unpaired) electrons. The molecule has 4 aliphatic rings. The van der Waals surface area contributed by atoms with E-state index < -0.39 is 24.4 Å². The first-order valence-electron chi connectivity index (χ1n) is 19.4. The molecule has 0 aromatic rings. The number of hydrogen-bond donors (Lipinski definition) is 2. The fraction of sp³-hybridized carbons (Fsp3) is 1.00. The van der Waals surface area contributed by atoms with Crippen LogP contribution in [0.5, 0.6) is 0 Å². The zero-order valence-electron chi connectivity index (χ0n) is 34.1. The Bertz CT molecular complexity index is 1080. The van der Waals surface area contributed by atoms with Gasteiger partial charge in [-0.05, 0) is 13.8 Å². The predicted molar refractivity (Wildman–Crippen MR) is 249 cm³/mol. The molecule has 0 aromatic heterocycles. The minimum absolute atomic E-state index is 0.0386. The Morgan fingerprint density at radius 1 is 0.483 bits per heavy atom. The molecular formula is C30H64B4O16P8. The topological polar surface area (TPSA) is 170 Å². The van der Waals surface area contributed by atoms with Crippen LogP contribution in [-0.4, -0.2) is 190 Å². The molecule has 58 heavy (non-hydrogen) atoms. The maximum Gasteiger partial charge on any atom is 0.149 e. The Morgan fingerprint density at radius 3 is 1.26 bits per heavy atom. The van der Waals surface area contributed by atoms with Crippen molar-refractivity contribution in [1.29, 1.82) is 0 Å². The molecule has 0 amide bonds. The van der Waals surface area contributed by atoms with E-state index in [2.05, 4.69) is 35.7 Å². The van der Waals surface area contributed by atoms with Crippen LogP contribution in [0, 0.1) is 0 Å². The molecule has 28 heteroatoms. The second-order valence-electron chi connectivity index (χ2n) is 13.2. The minimum atomic E-state index is -0.752. The summed E-state index contributed by atoms with van der Waals surface area (Å²) >= 11 is 0. The lowest BCUT2D eigenvalue weighted by Crippen LogP contribution is -2.40. The van der Waals surface area contributed by atoms with Crippen LogP contribution in [0.1, 0.15) is 13.8 Å². The Hall–Kier alpha value is 3.06. The summed E-state index contributed by atoms with van der Waals surface area (Å²) in [6.45, 7) is 13.6. The van der Waals surface area contributed by atoms with E-state index in [9.17, 15) is 10.2 Å². The van der Waals surface area contributed by atoms with Crippen LogP contribution in [0.3, 0.4) is 0 Å². The Morgan fingerprint density at radius 2 is 0.845 bits per heavy atom. The van der Waals surface area contributed by atoms with E-state index in [1.165, 1.54) is 0 Å². The first-order chi connectivity index (χ1) is 28.2. The molecule has 4 rings (SSSR count). The predicted octanol–water partition coefficient (Wildman–Crippen LogP) is 2.47. The second-order valence-corrected chi connectivity index (χ2v) is 17.9. The monoisotopic (exact) mass is 972 g/mol. The summed E-state index contributed by atoms with van der Waals surface area (Å²) in [6.07, 6.45) is -4.14. The van der Waals surface area contributed by atoms with Crippen LogP contribution in [-0.2, 0) is 65.5 Å². The molecule has 0 saturated carbocycles. The van der Waals surface area contributed by atoms with Crippen LogP contribution in [0.4, 0.5) is 0 Å². The van der Waals surface area contributed by atoms with Gasteiger partial charge in [0.2, 0.25) is 0 Å². The van der Waals surface area contributed by atoms with Gasteiger partial charge in [-0.2, -0.15) is 0 Å². The van der Waals surface area contributed by atoms with Gasteiger partial charge in [0.15, 0.2) is 0 Å². The molecule has 16 nitrogen and oxygen atoms in total. The molecule has 12 unspecified atom stereocenters. The Labute approximate surface area is 364 Å². The summed E-state index contributed by atoms with van der Waals surface area (Å²) < 4.78 is 81.5. The summed E-state index contributed by atoms with van der Waals surface area (Å²) in [5, 5.41) is 20.1. The highest BCUT2D eigenvalue weighted by atomic mass is 32.0. The Balaban J connectivity index is 0.000000310. The largest absolute Gasteiger partial charge is 0.394 e. The molecule has 4 fully saturated rings. The van der Waals surface area contributed by atoms with E-state index in [0.29, 0.717) is 26.4 Å². The number of aliphatic hydroxyl groups is 2. The number of aliphatic hydroxyl groups excluding tert-OH is 2. The fourth-order valence-electron chi connectivity index (χ4n) is 7.13. The van der Waals surface area contributed by atoms with Crippen molar-refractivity contribution in [3.63, 3.8) is 0 Å². The van der Waals surface area contributed by atoms with Crippen molar-refractivity contribution >= 4 is 98.8 Å². The van der Waals surface area contributed by atoms with Crippen LogP contribution in [0.25, 0.3) is 0 Å². The van der Waals surface area contributed by atoms with Gasteiger partial charge in [0.25, 0.3) is 0 Å². The second kappa shape index (κ2) is 31.9. The van der Waals surface area contributed by atoms with E-state index in [-0.39, 0.29) is 134 Å². The van der Waals surface area contributed by atoms with E-state index in [4.69, 9.17) is 65.5 Å². The summed E-state index contributed by atoms with van der Waals surface area (Å²) in [4.78, 5) is 0. The van der Waals surface area contributed by atoms with Crippen molar-refractivity contribution in [3.8, 4) is 0 Å². The Kier molecular flexibility index (Phi) is 30.4. The lowest BCUT2D eigenvalue weighted by Gasteiger charge is -2.25. The quantitative estimate of drug-likeness (QED) is 0.0508. The SMILES string of the molecule is C[B][C@@H]1O[C@H](CO)[C@H](OCOC[C@H]2O[C@@H]([B]C)C(OPP)[C@H]2OCC)C1OPP.C[B][C@@H]1O[C@H](COCO[C@@H]2C(OPP)[C@H]([B]C)O[C@@H]2COCC)[C@H](O)C1OPP. The molecule has 0 aromatic carbocycles. The van der Waals surface area contributed by atoms with Crippen molar-refractivity contribution in [2.45, 2.75) is 138 Å². The average Bonchev–Trinajstić information content (AvgIpc) is 3.95. The average molecular weight is 972 g/mol. The molecule has 2 N–H and O–H groups in total. The van der Waals surface area contributed by atoms with E-state index in [1.807, 2.05) is 70.3 Å². The molecule has 0 aliphatic carbocycles. The van der Waals surface area contributed by atoms with Gasteiger partial charge in [-0.1, -0.05) is 63.0 Å². The van der Waals surface area contributed by atoms with E-state index >= 15 is 0 Å². The molecule has 4 heterocycles. The van der Waals surface area contributed by atoms with Gasteiger partial charge in [-0.15, -0.1) is 0 Å². The highest BCUT2D eigenvalue weighted by Crippen LogP contribution is 2.37. The highest BCUT2D eigenvalue weighted by Gasteiger charge is 2.48. The van der Waals surface area contributed by atoms with E-state index in [1.54, 1.807) is 0 Å². The first kappa shape index (κ1) is 55.4. The molecular weight excluding hydrogens is 907 g/mol. The first-order valence-corrected chi connectivity index (χ1v) is 30.2. The van der Waals surface area contributed by atoms with E-state index in [0.717, 1.165) is 0 Å². The van der Waals surface area contributed by atoms with Gasteiger partial charge >= 0.3 is 0 Å². The number of rotatable bonds is 28. The normalized spacial score (nSPS) is 38.0.